The predicted octanol–water partition coefficient (Wildman–Crippen LogP) is 3.02. The molecule has 0 amide bonds. The largest absolute Gasteiger partial charge is 0.396 e. The molecule has 84 valence electrons. The number of para-hydroxylation sites is 1. The van der Waals surface area contributed by atoms with Gasteiger partial charge in [-0.3, -0.25) is 0 Å². The van der Waals surface area contributed by atoms with Gasteiger partial charge in [0.1, 0.15) is 0 Å². The molecule has 2 aromatic rings. The third-order valence-electron chi connectivity index (χ3n) is 2.32. The number of nitrogens with two attached hydrogens (primary N) is 1. The molecule has 0 radical (unpaired) electrons. The van der Waals surface area contributed by atoms with E-state index in [0.717, 1.165) is 17.9 Å². The summed E-state index contributed by atoms with van der Waals surface area (Å²) in [6.45, 7) is 0.730. The minimum Gasteiger partial charge on any atom is -0.396 e. The van der Waals surface area contributed by atoms with Gasteiger partial charge in [-0.05, 0) is 12.1 Å². The van der Waals surface area contributed by atoms with Gasteiger partial charge in [-0.1, -0.05) is 17.7 Å². The van der Waals surface area contributed by atoms with Crippen LogP contribution in [0.3, 0.4) is 0 Å². The number of nitrogens with zero attached hydrogens (tertiary/aromatic N) is 2. The Morgan fingerprint density at radius 1 is 1.50 bits per heavy atom. The summed E-state index contributed by atoms with van der Waals surface area (Å²) in [7, 11) is 1.97. The summed E-state index contributed by atoms with van der Waals surface area (Å²) in [6, 6.07) is 5.64. The number of anilines is 2. The lowest BCUT2D eigenvalue weighted by atomic mass is 10.2. The van der Waals surface area contributed by atoms with Gasteiger partial charge in [0, 0.05) is 12.4 Å². The van der Waals surface area contributed by atoms with Crippen molar-refractivity contribution in [3.63, 3.8) is 0 Å². The first-order chi connectivity index (χ1) is 7.68. The first-order valence-electron chi connectivity index (χ1n) is 4.80. The van der Waals surface area contributed by atoms with Crippen molar-refractivity contribution in [1.29, 1.82) is 0 Å². The van der Waals surface area contributed by atoms with Gasteiger partial charge >= 0.3 is 0 Å². The number of aromatic nitrogens is 1. The number of nitrogen functional groups attached to an aromatic ring is 1. The van der Waals surface area contributed by atoms with E-state index < -0.39 is 0 Å². The molecule has 2 N–H and O–H groups in total. The number of hydrogen-bond acceptors (Lipinski definition) is 4. The zero-order valence-electron chi connectivity index (χ0n) is 8.85. The summed E-state index contributed by atoms with van der Waals surface area (Å²) in [5.74, 6) is 0. The molecule has 0 unspecified atom stereocenters. The maximum atomic E-state index is 5.97. The van der Waals surface area contributed by atoms with Crippen molar-refractivity contribution in [3.8, 4) is 0 Å². The average molecular weight is 254 g/mol. The Bertz CT molecular complexity index is 470. The van der Waals surface area contributed by atoms with Crippen LogP contribution in [0.1, 0.15) is 5.69 Å². The Morgan fingerprint density at radius 3 is 3.00 bits per heavy atom. The van der Waals surface area contributed by atoms with E-state index in [1.54, 1.807) is 17.4 Å². The third-order valence-corrected chi connectivity index (χ3v) is 3.29. The Morgan fingerprint density at radius 2 is 2.31 bits per heavy atom. The van der Waals surface area contributed by atoms with Crippen LogP contribution < -0.4 is 10.6 Å². The summed E-state index contributed by atoms with van der Waals surface area (Å²) in [4.78, 5) is 6.27. The first-order valence-corrected chi connectivity index (χ1v) is 6.12. The van der Waals surface area contributed by atoms with Crippen molar-refractivity contribution in [2.45, 2.75) is 6.54 Å². The van der Waals surface area contributed by atoms with Gasteiger partial charge in [0.25, 0.3) is 0 Å². The molecule has 1 aromatic carbocycles. The molecule has 0 aliphatic rings. The molecule has 16 heavy (non-hydrogen) atoms. The molecule has 0 fully saturated rings. The van der Waals surface area contributed by atoms with Gasteiger partial charge in [0.2, 0.25) is 0 Å². The quantitative estimate of drug-likeness (QED) is 0.855. The van der Waals surface area contributed by atoms with Crippen LogP contribution in [0.15, 0.2) is 29.1 Å². The predicted molar refractivity (Wildman–Crippen MR) is 70.1 cm³/mol. The highest BCUT2D eigenvalue weighted by atomic mass is 35.5. The standard InChI is InChI=1S/C11H12ClN3S/c1-15(5-8-6-16-7-14-8)10-4-2-3-9(12)11(10)13/h2-4,6-7H,5,13H2,1H3. The van der Waals surface area contributed by atoms with E-state index in [1.807, 2.05) is 35.0 Å². The number of benzene rings is 1. The van der Waals surface area contributed by atoms with Crippen molar-refractivity contribution in [2.24, 2.45) is 0 Å². The highest BCUT2D eigenvalue weighted by Crippen LogP contribution is 2.29. The molecule has 2 rings (SSSR count). The van der Waals surface area contributed by atoms with Crippen molar-refractivity contribution in [3.05, 3.63) is 39.8 Å². The Balaban J connectivity index is 2.21. The van der Waals surface area contributed by atoms with E-state index in [0.29, 0.717) is 10.7 Å². The Labute approximate surface area is 103 Å². The Kier molecular flexibility index (Phi) is 3.31. The number of halogens is 1. The highest BCUT2D eigenvalue weighted by molar-refractivity contribution is 7.07. The van der Waals surface area contributed by atoms with Gasteiger partial charge in [0.15, 0.2) is 0 Å². The third kappa shape index (κ3) is 2.28. The van der Waals surface area contributed by atoms with Crippen molar-refractivity contribution in [1.82, 2.24) is 4.98 Å². The number of hydrogen-bond donors (Lipinski definition) is 1. The van der Waals surface area contributed by atoms with Crippen LogP contribution in [0.4, 0.5) is 11.4 Å². The maximum absolute atomic E-state index is 5.97. The lowest BCUT2D eigenvalue weighted by Crippen LogP contribution is -2.18. The molecular formula is C11H12ClN3S. The minimum atomic E-state index is 0.586. The van der Waals surface area contributed by atoms with Crippen molar-refractivity contribution >= 4 is 34.3 Å². The molecule has 1 aromatic heterocycles. The van der Waals surface area contributed by atoms with E-state index in [1.165, 1.54) is 0 Å². The SMILES string of the molecule is CN(Cc1cscn1)c1cccc(Cl)c1N. The topological polar surface area (TPSA) is 42.2 Å². The van der Waals surface area contributed by atoms with E-state index in [4.69, 9.17) is 17.3 Å². The van der Waals surface area contributed by atoms with E-state index >= 15 is 0 Å². The lowest BCUT2D eigenvalue weighted by molar-refractivity contribution is 0.896. The molecule has 0 bridgehead atoms. The van der Waals surface area contributed by atoms with Crippen LogP contribution in [0, 0.1) is 0 Å². The van der Waals surface area contributed by atoms with Crippen LogP contribution in [0.5, 0.6) is 0 Å². The fourth-order valence-electron chi connectivity index (χ4n) is 1.50. The lowest BCUT2D eigenvalue weighted by Gasteiger charge is -2.20. The summed E-state index contributed by atoms with van der Waals surface area (Å²) in [6.07, 6.45) is 0. The normalized spacial score (nSPS) is 10.4. The smallest absolute Gasteiger partial charge is 0.0795 e. The van der Waals surface area contributed by atoms with Crippen molar-refractivity contribution < 1.29 is 0 Å². The van der Waals surface area contributed by atoms with Gasteiger partial charge < -0.3 is 10.6 Å². The molecule has 3 nitrogen and oxygen atoms in total. The van der Waals surface area contributed by atoms with Crippen LogP contribution in [-0.4, -0.2) is 12.0 Å². The summed E-state index contributed by atoms with van der Waals surface area (Å²) in [5, 5.41) is 2.61. The molecule has 0 aliphatic carbocycles. The summed E-state index contributed by atoms with van der Waals surface area (Å²) < 4.78 is 0. The Hall–Kier alpha value is -1.26. The summed E-state index contributed by atoms with van der Waals surface area (Å²) >= 11 is 7.56. The molecule has 0 atom stereocenters. The van der Waals surface area contributed by atoms with Crippen LogP contribution in [0.25, 0.3) is 0 Å². The van der Waals surface area contributed by atoms with Crippen molar-refractivity contribution in [2.75, 3.05) is 17.7 Å². The second-order valence-electron chi connectivity index (χ2n) is 3.51. The van der Waals surface area contributed by atoms with E-state index in [2.05, 4.69) is 4.98 Å². The molecule has 0 saturated carbocycles. The monoisotopic (exact) mass is 253 g/mol. The van der Waals surface area contributed by atoms with E-state index in [-0.39, 0.29) is 0 Å². The van der Waals surface area contributed by atoms with Gasteiger partial charge in [0.05, 0.1) is 34.1 Å². The molecule has 0 spiro atoms. The van der Waals surface area contributed by atoms with Crippen LogP contribution in [-0.2, 0) is 6.54 Å². The number of rotatable bonds is 3. The fourth-order valence-corrected chi connectivity index (χ4v) is 2.22. The van der Waals surface area contributed by atoms with Gasteiger partial charge in [-0.2, -0.15) is 0 Å². The molecular weight excluding hydrogens is 242 g/mol. The van der Waals surface area contributed by atoms with Gasteiger partial charge in [-0.25, -0.2) is 4.98 Å². The first kappa shape index (κ1) is 11.2. The van der Waals surface area contributed by atoms with Crippen LogP contribution in [0.2, 0.25) is 5.02 Å². The second-order valence-corrected chi connectivity index (χ2v) is 4.63. The second kappa shape index (κ2) is 4.72. The van der Waals surface area contributed by atoms with Gasteiger partial charge in [-0.15, -0.1) is 11.3 Å². The molecule has 1 heterocycles. The zero-order chi connectivity index (χ0) is 11.5. The van der Waals surface area contributed by atoms with E-state index in [9.17, 15) is 0 Å². The average Bonchev–Trinajstić information content (AvgIpc) is 2.74. The molecule has 5 heteroatoms. The minimum absolute atomic E-state index is 0.586. The molecule has 0 aliphatic heterocycles. The zero-order valence-corrected chi connectivity index (χ0v) is 10.4. The number of thiazole rings is 1. The summed E-state index contributed by atoms with van der Waals surface area (Å²) in [5.41, 5.74) is 10.3. The maximum Gasteiger partial charge on any atom is 0.0795 e. The molecule has 0 saturated heterocycles. The van der Waals surface area contributed by atoms with Crippen LogP contribution >= 0.6 is 22.9 Å². The highest BCUT2D eigenvalue weighted by Gasteiger charge is 2.08. The fraction of sp³-hybridized carbons (Fsp3) is 0.182.